The summed E-state index contributed by atoms with van der Waals surface area (Å²) >= 11 is 0. The van der Waals surface area contributed by atoms with Crippen LogP contribution in [0, 0.1) is 5.92 Å². The van der Waals surface area contributed by atoms with Crippen LogP contribution in [-0.2, 0) is 4.79 Å². The Balaban J connectivity index is 1.32. The summed E-state index contributed by atoms with van der Waals surface area (Å²) in [5.74, 6) is 0.406. The number of rotatable bonds is 11. The Bertz CT molecular complexity index is 1380. The quantitative estimate of drug-likeness (QED) is 0.258. The molecule has 214 valence electrons. The number of aldehydes is 1. The zero-order chi connectivity index (χ0) is 28.8. The summed E-state index contributed by atoms with van der Waals surface area (Å²) in [6.07, 6.45) is 5.95. The Morgan fingerprint density at radius 1 is 1.05 bits per heavy atom. The highest BCUT2D eigenvalue weighted by Gasteiger charge is 2.33. The van der Waals surface area contributed by atoms with Gasteiger partial charge in [0.05, 0.1) is 17.9 Å². The van der Waals surface area contributed by atoms with E-state index in [1.807, 2.05) is 11.0 Å². The maximum Gasteiger partial charge on any atom is 0.405 e. The average molecular weight is 561 g/mol. The molecule has 2 atom stereocenters. The molecule has 0 bridgehead atoms. The number of hydrogen-bond donors (Lipinski definition) is 4. The largest absolute Gasteiger partial charge is 0.465 e. The molecule has 1 unspecified atom stereocenters. The van der Waals surface area contributed by atoms with Gasteiger partial charge in [0.25, 0.3) is 11.8 Å². The standard InChI is InChI=1S/C29H32N6O6/c36-17-23(32-29(39)40)16-35-11-8-19(9-12-35)26(33-28(38)24-14-25(41-34-24)18-6-7-18)20-3-1-4-21(13-20)27(37)31-22-5-2-10-30-15-22/h1-5,10,13-15,17-19,23,26,32H,6-9,11-12,16H2,(H,31,37)(H,33,38)(H,39,40)/t23-,26?/m0/s1. The van der Waals surface area contributed by atoms with Gasteiger partial charge in [-0.3, -0.25) is 14.6 Å². The number of hydrogen-bond acceptors (Lipinski definition) is 8. The zero-order valence-electron chi connectivity index (χ0n) is 22.4. The number of pyridine rings is 1. The minimum absolute atomic E-state index is 0.0174. The van der Waals surface area contributed by atoms with E-state index < -0.39 is 18.2 Å². The third-order valence-corrected chi connectivity index (χ3v) is 7.49. The average Bonchev–Trinajstić information content (AvgIpc) is 3.72. The highest BCUT2D eigenvalue weighted by molar-refractivity contribution is 6.04. The Morgan fingerprint density at radius 3 is 2.54 bits per heavy atom. The Hall–Kier alpha value is -4.58. The number of anilines is 1. The van der Waals surface area contributed by atoms with Crippen molar-refractivity contribution in [1.29, 1.82) is 0 Å². The molecular weight excluding hydrogens is 528 g/mol. The number of carbonyl (C=O) groups excluding carboxylic acids is 3. The third-order valence-electron chi connectivity index (χ3n) is 7.49. The van der Waals surface area contributed by atoms with Gasteiger partial charge in [-0.15, -0.1) is 0 Å². The first-order chi connectivity index (χ1) is 19.9. The van der Waals surface area contributed by atoms with E-state index in [9.17, 15) is 19.2 Å². The fourth-order valence-electron chi connectivity index (χ4n) is 5.19. The molecule has 1 aliphatic carbocycles. The summed E-state index contributed by atoms with van der Waals surface area (Å²) in [6, 6.07) is 11.1. The van der Waals surface area contributed by atoms with Crippen molar-refractivity contribution in [2.75, 3.05) is 25.0 Å². The molecule has 5 rings (SSSR count). The highest BCUT2D eigenvalue weighted by Crippen LogP contribution is 2.40. The van der Waals surface area contributed by atoms with Crippen molar-refractivity contribution in [3.05, 3.63) is 77.4 Å². The van der Waals surface area contributed by atoms with Crippen LogP contribution in [-0.4, -0.2) is 70.0 Å². The number of carboxylic acid groups (broad SMARTS) is 1. The number of nitrogens with zero attached hydrogens (tertiary/aromatic N) is 3. The van der Waals surface area contributed by atoms with Gasteiger partial charge < -0.3 is 35.3 Å². The lowest BCUT2D eigenvalue weighted by atomic mass is 9.84. The van der Waals surface area contributed by atoms with Gasteiger partial charge in [0.1, 0.15) is 18.1 Å². The van der Waals surface area contributed by atoms with Crippen molar-refractivity contribution in [2.24, 2.45) is 5.92 Å². The second-order valence-electron chi connectivity index (χ2n) is 10.5. The third kappa shape index (κ3) is 7.34. The van der Waals surface area contributed by atoms with E-state index in [0.29, 0.717) is 55.1 Å². The molecule has 12 nitrogen and oxygen atoms in total. The fourth-order valence-corrected chi connectivity index (χ4v) is 5.19. The van der Waals surface area contributed by atoms with Crippen molar-refractivity contribution in [2.45, 2.75) is 43.7 Å². The number of carbonyl (C=O) groups is 4. The summed E-state index contributed by atoms with van der Waals surface area (Å²) in [7, 11) is 0. The predicted octanol–water partition coefficient (Wildman–Crippen LogP) is 3.22. The number of benzene rings is 1. The van der Waals surface area contributed by atoms with Crippen LogP contribution >= 0.6 is 0 Å². The number of nitrogens with one attached hydrogen (secondary N) is 3. The lowest BCUT2D eigenvalue weighted by Gasteiger charge is -2.37. The molecule has 2 aliphatic rings. The molecule has 0 spiro atoms. The fraction of sp³-hybridized carbons (Fsp3) is 0.379. The van der Waals surface area contributed by atoms with E-state index in [4.69, 9.17) is 9.63 Å². The van der Waals surface area contributed by atoms with Gasteiger partial charge in [0.15, 0.2) is 5.69 Å². The number of likely N-dealkylation sites (tertiary alicyclic amines) is 1. The van der Waals surface area contributed by atoms with Gasteiger partial charge in [-0.05, 0) is 74.5 Å². The van der Waals surface area contributed by atoms with Gasteiger partial charge >= 0.3 is 6.09 Å². The first-order valence-electron chi connectivity index (χ1n) is 13.7. The van der Waals surface area contributed by atoms with Crippen molar-refractivity contribution < 1.29 is 28.8 Å². The van der Waals surface area contributed by atoms with Gasteiger partial charge in [-0.25, -0.2) is 4.79 Å². The minimum atomic E-state index is -1.25. The molecule has 1 saturated heterocycles. The SMILES string of the molecule is O=C[C@H](CN1CCC(C(NC(=O)c2cc(C3CC3)on2)c2cccc(C(=O)Nc3cccnc3)c2)CC1)NC(=O)O. The van der Waals surface area contributed by atoms with E-state index >= 15 is 0 Å². The molecule has 12 heteroatoms. The zero-order valence-corrected chi connectivity index (χ0v) is 22.4. The Kier molecular flexibility index (Phi) is 8.68. The monoisotopic (exact) mass is 560 g/mol. The van der Waals surface area contributed by atoms with Gasteiger partial charge in [0.2, 0.25) is 0 Å². The summed E-state index contributed by atoms with van der Waals surface area (Å²) < 4.78 is 5.39. The van der Waals surface area contributed by atoms with Crippen molar-refractivity contribution in [1.82, 2.24) is 25.7 Å². The van der Waals surface area contributed by atoms with Crippen LogP contribution < -0.4 is 16.0 Å². The van der Waals surface area contributed by atoms with E-state index in [0.717, 1.165) is 18.4 Å². The lowest BCUT2D eigenvalue weighted by Crippen LogP contribution is -2.48. The molecule has 3 amide bonds. The summed E-state index contributed by atoms with van der Waals surface area (Å²) in [5, 5.41) is 21.1. The van der Waals surface area contributed by atoms with Crippen molar-refractivity contribution >= 4 is 29.9 Å². The van der Waals surface area contributed by atoms with Crippen LogP contribution in [0.25, 0.3) is 0 Å². The highest BCUT2D eigenvalue weighted by atomic mass is 16.5. The van der Waals surface area contributed by atoms with E-state index in [2.05, 4.69) is 26.1 Å². The van der Waals surface area contributed by atoms with Crippen molar-refractivity contribution in [3.63, 3.8) is 0 Å². The number of aromatic nitrogens is 2. The first-order valence-corrected chi connectivity index (χ1v) is 13.7. The minimum Gasteiger partial charge on any atom is -0.465 e. The Morgan fingerprint density at radius 2 is 1.85 bits per heavy atom. The molecule has 1 aliphatic heterocycles. The van der Waals surface area contributed by atoms with Crippen LogP contribution in [0.3, 0.4) is 0 Å². The van der Waals surface area contributed by atoms with E-state index in [-0.39, 0.29) is 30.0 Å². The summed E-state index contributed by atoms with van der Waals surface area (Å²) in [5.41, 5.74) is 2.01. The summed E-state index contributed by atoms with van der Waals surface area (Å²) in [6.45, 7) is 1.49. The van der Waals surface area contributed by atoms with Crippen LogP contribution in [0.1, 0.15) is 69.8 Å². The number of piperidine rings is 1. The van der Waals surface area contributed by atoms with Gasteiger partial charge in [0, 0.05) is 30.3 Å². The van der Waals surface area contributed by atoms with Gasteiger partial charge in [-0.2, -0.15) is 0 Å². The number of amides is 3. The molecule has 4 N–H and O–H groups in total. The van der Waals surface area contributed by atoms with Crippen LogP contribution in [0.2, 0.25) is 0 Å². The van der Waals surface area contributed by atoms with E-state index in [1.165, 1.54) is 0 Å². The molecule has 41 heavy (non-hydrogen) atoms. The normalized spacial score (nSPS) is 17.3. The molecular formula is C29H32N6O6. The Labute approximate surface area is 236 Å². The maximum absolute atomic E-state index is 13.3. The molecule has 3 heterocycles. The molecule has 0 radical (unpaired) electrons. The molecule has 1 aromatic carbocycles. The van der Waals surface area contributed by atoms with Crippen LogP contribution in [0.5, 0.6) is 0 Å². The molecule has 2 aromatic heterocycles. The van der Waals surface area contributed by atoms with Gasteiger partial charge in [-0.1, -0.05) is 17.3 Å². The first kappa shape index (κ1) is 28.0. The smallest absolute Gasteiger partial charge is 0.405 e. The topological polar surface area (TPSA) is 167 Å². The maximum atomic E-state index is 13.3. The van der Waals surface area contributed by atoms with E-state index in [1.54, 1.807) is 48.8 Å². The lowest BCUT2D eigenvalue weighted by molar-refractivity contribution is -0.110. The second kappa shape index (κ2) is 12.7. The molecule has 3 aromatic rings. The second-order valence-corrected chi connectivity index (χ2v) is 10.5. The predicted molar refractivity (Wildman–Crippen MR) is 147 cm³/mol. The summed E-state index contributed by atoms with van der Waals surface area (Å²) in [4.78, 5) is 54.7. The van der Waals surface area contributed by atoms with Crippen LogP contribution in [0.4, 0.5) is 10.5 Å². The van der Waals surface area contributed by atoms with Crippen molar-refractivity contribution in [3.8, 4) is 0 Å². The van der Waals surface area contributed by atoms with Crippen LogP contribution in [0.15, 0.2) is 59.4 Å². The molecule has 1 saturated carbocycles. The molecule has 2 fully saturated rings.